The lowest BCUT2D eigenvalue weighted by Crippen LogP contribution is -2.01. The molecule has 0 saturated heterocycles. The van der Waals surface area contributed by atoms with Crippen LogP contribution in [0.25, 0.3) is 21.6 Å². The highest BCUT2D eigenvalue weighted by atomic mass is 35.5. The van der Waals surface area contributed by atoms with Gasteiger partial charge in [-0.05, 0) is 35.7 Å². The van der Waals surface area contributed by atoms with E-state index in [9.17, 15) is 0 Å². The first kappa shape index (κ1) is 17.6. The molecule has 2 aromatic heterocycles. The number of fused-ring (bicyclic) bond motifs is 1. The second-order valence-electron chi connectivity index (χ2n) is 5.70. The SMILES string of the molecule is COc1ccc(OC)c(Nc2nc(-c3sccc3Cl)nc3ccccc23)c1. The number of halogens is 1. The highest BCUT2D eigenvalue weighted by Gasteiger charge is 2.14. The fourth-order valence-electron chi connectivity index (χ4n) is 2.77. The van der Waals surface area contributed by atoms with Gasteiger partial charge in [-0.2, -0.15) is 0 Å². The van der Waals surface area contributed by atoms with E-state index in [1.165, 1.54) is 11.3 Å². The van der Waals surface area contributed by atoms with Crippen LogP contribution in [0.15, 0.2) is 53.9 Å². The normalized spacial score (nSPS) is 10.8. The lowest BCUT2D eigenvalue weighted by atomic mass is 10.2. The topological polar surface area (TPSA) is 56.3 Å². The molecule has 7 heteroatoms. The Kier molecular flexibility index (Phi) is 4.83. The third kappa shape index (κ3) is 3.41. The van der Waals surface area contributed by atoms with Gasteiger partial charge in [-0.25, -0.2) is 9.97 Å². The molecule has 1 N–H and O–H groups in total. The summed E-state index contributed by atoms with van der Waals surface area (Å²) in [5, 5.41) is 6.83. The van der Waals surface area contributed by atoms with Crippen LogP contribution in [-0.4, -0.2) is 24.2 Å². The number of hydrogen-bond acceptors (Lipinski definition) is 6. The molecular formula is C20H16ClN3O2S. The smallest absolute Gasteiger partial charge is 0.173 e. The lowest BCUT2D eigenvalue weighted by Gasteiger charge is -2.14. The Morgan fingerprint density at radius 1 is 1.00 bits per heavy atom. The van der Waals surface area contributed by atoms with Gasteiger partial charge in [0, 0.05) is 11.5 Å². The van der Waals surface area contributed by atoms with E-state index in [0.29, 0.717) is 22.4 Å². The van der Waals surface area contributed by atoms with E-state index in [-0.39, 0.29) is 0 Å². The van der Waals surface area contributed by atoms with Gasteiger partial charge in [0.25, 0.3) is 0 Å². The van der Waals surface area contributed by atoms with Crippen molar-refractivity contribution in [3.8, 4) is 22.2 Å². The maximum Gasteiger partial charge on any atom is 0.173 e. The van der Waals surface area contributed by atoms with Crippen molar-refractivity contribution in [3.05, 3.63) is 58.9 Å². The Morgan fingerprint density at radius 2 is 1.85 bits per heavy atom. The number of thiophene rings is 1. The zero-order valence-electron chi connectivity index (χ0n) is 14.7. The van der Waals surface area contributed by atoms with Gasteiger partial charge >= 0.3 is 0 Å². The summed E-state index contributed by atoms with van der Waals surface area (Å²) in [4.78, 5) is 10.2. The molecule has 0 unspecified atom stereocenters. The molecule has 0 spiro atoms. The third-order valence-electron chi connectivity index (χ3n) is 4.08. The summed E-state index contributed by atoms with van der Waals surface area (Å²) in [6.45, 7) is 0. The van der Waals surface area contributed by atoms with Crippen LogP contribution in [-0.2, 0) is 0 Å². The van der Waals surface area contributed by atoms with Gasteiger partial charge in [0.2, 0.25) is 0 Å². The van der Waals surface area contributed by atoms with E-state index in [1.807, 2.05) is 53.9 Å². The van der Waals surface area contributed by atoms with Gasteiger partial charge < -0.3 is 14.8 Å². The molecule has 136 valence electrons. The van der Waals surface area contributed by atoms with Crippen molar-refractivity contribution in [2.75, 3.05) is 19.5 Å². The van der Waals surface area contributed by atoms with Crippen molar-refractivity contribution in [1.82, 2.24) is 9.97 Å². The van der Waals surface area contributed by atoms with Gasteiger partial charge in [-0.1, -0.05) is 23.7 Å². The van der Waals surface area contributed by atoms with E-state index in [4.69, 9.17) is 26.1 Å². The summed E-state index contributed by atoms with van der Waals surface area (Å²) in [6, 6.07) is 15.2. The van der Waals surface area contributed by atoms with Crippen molar-refractivity contribution in [1.29, 1.82) is 0 Å². The predicted octanol–water partition coefficient (Wildman–Crippen LogP) is 5.77. The fraction of sp³-hybridized carbons (Fsp3) is 0.100. The predicted molar refractivity (Wildman–Crippen MR) is 111 cm³/mol. The second kappa shape index (κ2) is 7.42. The Bertz CT molecular complexity index is 1110. The van der Waals surface area contributed by atoms with Gasteiger partial charge in [-0.3, -0.25) is 0 Å². The Morgan fingerprint density at radius 3 is 2.59 bits per heavy atom. The molecule has 0 fully saturated rings. The van der Waals surface area contributed by atoms with E-state index in [0.717, 1.165) is 27.2 Å². The highest BCUT2D eigenvalue weighted by molar-refractivity contribution is 7.14. The quantitative estimate of drug-likeness (QED) is 0.463. The summed E-state index contributed by atoms with van der Waals surface area (Å²) in [6.07, 6.45) is 0. The summed E-state index contributed by atoms with van der Waals surface area (Å²) in [5.74, 6) is 2.66. The van der Waals surface area contributed by atoms with Crippen LogP contribution in [0.4, 0.5) is 11.5 Å². The number of aromatic nitrogens is 2. The Labute approximate surface area is 165 Å². The first-order valence-corrected chi connectivity index (χ1v) is 9.44. The Balaban J connectivity index is 1.87. The number of nitrogens with zero attached hydrogens (tertiary/aromatic N) is 2. The molecule has 0 aliphatic heterocycles. The molecular weight excluding hydrogens is 382 g/mol. The number of benzene rings is 2. The van der Waals surface area contributed by atoms with E-state index in [1.54, 1.807) is 14.2 Å². The van der Waals surface area contributed by atoms with Crippen LogP contribution in [0.5, 0.6) is 11.5 Å². The first-order chi connectivity index (χ1) is 13.2. The van der Waals surface area contributed by atoms with Gasteiger partial charge in [0.1, 0.15) is 17.3 Å². The number of hydrogen-bond donors (Lipinski definition) is 1. The van der Waals surface area contributed by atoms with Crippen LogP contribution in [0.1, 0.15) is 0 Å². The fourth-order valence-corrected chi connectivity index (χ4v) is 3.84. The molecule has 4 aromatic rings. The van der Waals surface area contributed by atoms with E-state index in [2.05, 4.69) is 10.3 Å². The minimum atomic E-state index is 0.582. The summed E-state index contributed by atoms with van der Waals surface area (Å²) < 4.78 is 10.8. The van der Waals surface area contributed by atoms with Crippen LogP contribution >= 0.6 is 22.9 Å². The average molecular weight is 398 g/mol. The third-order valence-corrected chi connectivity index (χ3v) is 5.42. The molecule has 2 aromatic carbocycles. The molecule has 4 rings (SSSR count). The molecule has 0 aliphatic rings. The Hall–Kier alpha value is -2.83. The van der Waals surface area contributed by atoms with Crippen molar-refractivity contribution in [2.45, 2.75) is 0 Å². The maximum atomic E-state index is 6.30. The number of para-hydroxylation sites is 1. The average Bonchev–Trinajstić information content (AvgIpc) is 3.13. The molecule has 0 radical (unpaired) electrons. The minimum absolute atomic E-state index is 0.582. The number of rotatable bonds is 5. The van der Waals surface area contributed by atoms with Crippen LogP contribution < -0.4 is 14.8 Å². The molecule has 0 bridgehead atoms. The molecule has 0 amide bonds. The lowest BCUT2D eigenvalue weighted by molar-refractivity contribution is 0.405. The molecule has 0 saturated carbocycles. The zero-order chi connectivity index (χ0) is 18.8. The van der Waals surface area contributed by atoms with E-state index >= 15 is 0 Å². The molecule has 27 heavy (non-hydrogen) atoms. The number of methoxy groups -OCH3 is 2. The van der Waals surface area contributed by atoms with Crippen LogP contribution in [0, 0.1) is 0 Å². The maximum absolute atomic E-state index is 6.30. The number of nitrogens with one attached hydrogen (secondary N) is 1. The zero-order valence-corrected chi connectivity index (χ0v) is 16.3. The molecule has 5 nitrogen and oxygen atoms in total. The number of anilines is 2. The van der Waals surface area contributed by atoms with Crippen molar-refractivity contribution >= 4 is 45.3 Å². The second-order valence-corrected chi connectivity index (χ2v) is 7.03. The number of ether oxygens (including phenoxy) is 2. The van der Waals surface area contributed by atoms with Crippen molar-refractivity contribution in [2.24, 2.45) is 0 Å². The summed E-state index contributed by atoms with van der Waals surface area (Å²) >= 11 is 7.81. The largest absolute Gasteiger partial charge is 0.497 e. The van der Waals surface area contributed by atoms with E-state index < -0.39 is 0 Å². The monoisotopic (exact) mass is 397 g/mol. The van der Waals surface area contributed by atoms with Crippen molar-refractivity contribution in [3.63, 3.8) is 0 Å². The minimum Gasteiger partial charge on any atom is -0.497 e. The van der Waals surface area contributed by atoms with Gasteiger partial charge in [-0.15, -0.1) is 11.3 Å². The first-order valence-electron chi connectivity index (χ1n) is 8.19. The molecule has 0 aliphatic carbocycles. The standard InChI is InChI=1S/C20H16ClN3O2S/c1-25-12-7-8-17(26-2)16(11-12)23-19-13-5-3-4-6-15(13)22-20(24-19)18-14(21)9-10-27-18/h3-11H,1-2H3,(H,22,23,24). The van der Waals surface area contributed by atoms with Gasteiger partial charge in [0.05, 0.1) is 35.3 Å². The van der Waals surface area contributed by atoms with Gasteiger partial charge in [0.15, 0.2) is 5.82 Å². The van der Waals surface area contributed by atoms with Crippen LogP contribution in [0.3, 0.4) is 0 Å². The summed E-state index contributed by atoms with van der Waals surface area (Å²) in [7, 11) is 3.25. The molecule has 0 atom stereocenters. The molecule has 2 heterocycles. The van der Waals surface area contributed by atoms with Crippen LogP contribution in [0.2, 0.25) is 5.02 Å². The highest BCUT2D eigenvalue weighted by Crippen LogP contribution is 2.36. The van der Waals surface area contributed by atoms with Crippen molar-refractivity contribution < 1.29 is 9.47 Å². The summed E-state index contributed by atoms with van der Waals surface area (Å²) in [5.41, 5.74) is 1.58.